The van der Waals surface area contributed by atoms with Gasteiger partial charge < -0.3 is 19.5 Å². The molecule has 0 aromatic heterocycles. The van der Waals surface area contributed by atoms with Gasteiger partial charge in [0, 0.05) is 0 Å². The van der Waals surface area contributed by atoms with Crippen molar-refractivity contribution in [2.24, 2.45) is 0 Å². The van der Waals surface area contributed by atoms with Gasteiger partial charge in [-0.25, -0.2) is 0 Å². The van der Waals surface area contributed by atoms with Gasteiger partial charge in [0.1, 0.15) is 18.7 Å². The first-order valence-electron chi connectivity index (χ1n) is 6.14. The van der Waals surface area contributed by atoms with Crippen LogP contribution in [0, 0.1) is 0 Å². The highest BCUT2D eigenvalue weighted by molar-refractivity contribution is 5.69. The van der Waals surface area contributed by atoms with Crippen LogP contribution >= 0.6 is 0 Å². The molecule has 0 aromatic carbocycles. The molecule has 17 heavy (non-hydrogen) atoms. The van der Waals surface area contributed by atoms with Crippen LogP contribution in [0.1, 0.15) is 33.1 Å². The summed E-state index contributed by atoms with van der Waals surface area (Å²) in [7, 11) is 3.60. The molecule has 4 heteroatoms. The second-order valence-electron chi connectivity index (χ2n) is 5.11. The minimum Gasteiger partial charge on any atom is -0.544 e. The average molecular weight is 243 g/mol. The molecule has 0 amide bonds. The SMILES string of the molecule is C/C=C/CCCC(O)C[N+](C)(C)C(C)C(=O)[O-]. The van der Waals surface area contributed by atoms with E-state index < -0.39 is 18.1 Å². The fourth-order valence-corrected chi connectivity index (χ4v) is 1.72. The van der Waals surface area contributed by atoms with Crippen molar-refractivity contribution in [3.8, 4) is 0 Å². The second kappa shape index (κ2) is 7.45. The fraction of sp³-hybridized carbons (Fsp3) is 0.769. The molecule has 0 aliphatic heterocycles. The summed E-state index contributed by atoms with van der Waals surface area (Å²) in [5.41, 5.74) is 0. The van der Waals surface area contributed by atoms with Crippen molar-refractivity contribution in [3.05, 3.63) is 12.2 Å². The second-order valence-corrected chi connectivity index (χ2v) is 5.11. The summed E-state index contributed by atoms with van der Waals surface area (Å²) >= 11 is 0. The Hall–Kier alpha value is -0.870. The summed E-state index contributed by atoms with van der Waals surface area (Å²) < 4.78 is 0.243. The summed E-state index contributed by atoms with van der Waals surface area (Å²) in [4.78, 5) is 10.8. The number of rotatable bonds is 8. The Kier molecular flexibility index (Phi) is 7.07. The van der Waals surface area contributed by atoms with E-state index in [9.17, 15) is 15.0 Å². The van der Waals surface area contributed by atoms with Crippen molar-refractivity contribution in [1.29, 1.82) is 0 Å². The maximum Gasteiger partial charge on any atom is 0.126 e. The van der Waals surface area contributed by atoms with Crippen molar-refractivity contribution in [1.82, 2.24) is 0 Å². The van der Waals surface area contributed by atoms with E-state index in [-0.39, 0.29) is 4.48 Å². The molecule has 100 valence electrons. The number of hydrogen-bond donors (Lipinski definition) is 1. The molecular formula is C13H25NO3. The van der Waals surface area contributed by atoms with Crippen molar-refractivity contribution < 1.29 is 19.5 Å². The van der Waals surface area contributed by atoms with Crippen molar-refractivity contribution >= 4 is 5.97 Å². The summed E-state index contributed by atoms with van der Waals surface area (Å²) in [5.74, 6) is -1.07. The van der Waals surface area contributed by atoms with Crippen LogP contribution in [0.4, 0.5) is 0 Å². The molecule has 0 aliphatic carbocycles. The van der Waals surface area contributed by atoms with Crippen molar-refractivity contribution in [2.45, 2.75) is 45.3 Å². The third kappa shape index (κ3) is 6.44. The normalized spacial score (nSPS) is 16.1. The smallest absolute Gasteiger partial charge is 0.126 e. The molecule has 0 fully saturated rings. The lowest BCUT2D eigenvalue weighted by molar-refractivity contribution is -0.909. The van der Waals surface area contributed by atoms with Crippen LogP contribution in [0.5, 0.6) is 0 Å². The standard InChI is InChI=1S/C13H25NO3/c1-5-6-7-8-9-12(15)10-14(3,4)11(2)13(16)17/h5-6,11-12,15H,7-10H2,1-4H3/b6-5+. The van der Waals surface area contributed by atoms with Crippen LogP contribution in [-0.2, 0) is 4.79 Å². The molecule has 0 rings (SSSR count). The lowest BCUT2D eigenvalue weighted by Gasteiger charge is -2.38. The van der Waals surface area contributed by atoms with Crippen molar-refractivity contribution in [3.63, 3.8) is 0 Å². The molecule has 0 bridgehead atoms. The van der Waals surface area contributed by atoms with E-state index in [1.807, 2.05) is 13.0 Å². The van der Waals surface area contributed by atoms with Gasteiger partial charge in [-0.2, -0.15) is 0 Å². The van der Waals surface area contributed by atoms with Gasteiger partial charge in [-0.15, -0.1) is 0 Å². The lowest BCUT2D eigenvalue weighted by atomic mass is 10.1. The summed E-state index contributed by atoms with van der Waals surface area (Å²) in [6, 6.07) is -0.611. The number of quaternary nitrogens is 1. The fourth-order valence-electron chi connectivity index (χ4n) is 1.72. The highest BCUT2D eigenvalue weighted by Gasteiger charge is 2.27. The van der Waals surface area contributed by atoms with Crippen LogP contribution in [0.3, 0.4) is 0 Å². The number of nitrogens with zero attached hydrogens (tertiary/aromatic N) is 1. The van der Waals surface area contributed by atoms with Crippen LogP contribution < -0.4 is 5.11 Å². The molecule has 0 saturated heterocycles. The number of allylic oxidation sites excluding steroid dienone is 2. The Bertz CT molecular complexity index is 261. The Labute approximate surface area is 104 Å². The number of carbonyl (C=O) groups excluding carboxylic acids is 1. The lowest BCUT2D eigenvalue weighted by Crippen LogP contribution is -2.58. The Morgan fingerprint density at radius 1 is 1.47 bits per heavy atom. The Morgan fingerprint density at radius 3 is 2.53 bits per heavy atom. The van der Waals surface area contributed by atoms with E-state index in [0.29, 0.717) is 13.0 Å². The number of aliphatic carboxylic acids is 1. The van der Waals surface area contributed by atoms with E-state index in [4.69, 9.17) is 0 Å². The molecule has 0 aromatic rings. The first-order chi connectivity index (χ1) is 7.81. The molecule has 0 radical (unpaired) electrons. The van der Waals surface area contributed by atoms with Gasteiger partial charge >= 0.3 is 0 Å². The van der Waals surface area contributed by atoms with Gasteiger partial charge in [0.15, 0.2) is 0 Å². The molecule has 4 nitrogen and oxygen atoms in total. The monoisotopic (exact) mass is 243 g/mol. The third-order valence-electron chi connectivity index (χ3n) is 3.21. The van der Waals surface area contributed by atoms with E-state index in [1.54, 1.807) is 21.0 Å². The molecule has 0 saturated carbocycles. The third-order valence-corrected chi connectivity index (χ3v) is 3.21. The molecule has 1 N–H and O–H groups in total. The molecule has 2 unspecified atom stereocenters. The minimum absolute atomic E-state index is 0.243. The number of aliphatic hydroxyl groups is 1. The van der Waals surface area contributed by atoms with Crippen LogP contribution in [-0.4, -0.2) is 48.3 Å². The molecule has 0 heterocycles. The van der Waals surface area contributed by atoms with Crippen LogP contribution in [0.25, 0.3) is 0 Å². The predicted octanol–water partition coefficient (Wildman–Crippen LogP) is 0.309. The van der Waals surface area contributed by atoms with Gasteiger partial charge in [-0.3, -0.25) is 0 Å². The van der Waals surface area contributed by atoms with Crippen LogP contribution in [0.2, 0.25) is 0 Å². The summed E-state index contributed by atoms with van der Waals surface area (Å²) in [6.45, 7) is 4.02. The predicted molar refractivity (Wildman–Crippen MR) is 66.1 cm³/mol. The summed E-state index contributed by atoms with van der Waals surface area (Å²) in [6.07, 6.45) is 6.17. The van der Waals surface area contributed by atoms with E-state index >= 15 is 0 Å². The zero-order valence-electron chi connectivity index (χ0n) is 11.3. The number of likely N-dealkylation sites (N-methyl/N-ethyl adjacent to an activating group) is 1. The first-order valence-corrected chi connectivity index (χ1v) is 6.14. The topological polar surface area (TPSA) is 60.4 Å². The number of carboxylic acids is 1. The molecular weight excluding hydrogens is 218 g/mol. The Balaban J connectivity index is 4.08. The quantitative estimate of drug-likeness (QED) is 0.379. The maximum atomic E-state index is 10.8. The van der Waals surface area contributed by atoms with Gasteiger partial charge in [0.05, 0.1) is 20.1 Å². The number of unbranched alkanes of at least 4 members (excludes halogenated alkanes) is 1. The number of aliphatic hydroxyl groups excluding tert-OH is 1. The first kappa shape index (κ1) is 16.1. The Morgan fingerprint density at radius 2 is 2.06 bits per heavy atom. The minimum atomic E-state index is -1.07. The molecule has 0 aliphatic rings. The van der Waals surface area contributed by atoms with Crippen LogP contribution in [0.15, 0.2) is 12.2 Å². The van der Waals surface area contributed by atoms with Crippen molar-refractivity contribution in [2.75, 3.05) is 20.6 Å². The number of hydrogen-bond acceptors (Lipinski definition) is 3. The van der Waals surface area contributed by atoms with E-state index in [0.717, 1.165) is 12.8 Å². The molecule has 2 atom stereocenters. The zero-order valence-corrected chi connectivity index (χ0v) is 11.3. The average Bonchev–Trinajstić information content (AvgIpc) is 2.22. The van der Waals surface area contributed by atoms with E-state index in [2.05, 4.69) is 6.08 Å². The molecule has 0 spiro atoms. The maximum absolute atomic E-state index is 10.8. The van der Waals surface area contributed by atoms with Gasteiger partial charge in [0.2, 0.25) is 0 Å². The van der Waals surface area contributed by atoms with Gasteiger partial charge in [-0.05, 0) is 33.1 Å². The number of carbonyl (C=O) groups is 1. The highest BCUT2D eigenvalue weighted by Crippen LogP contribution is 2.11. The number of carboxylic acid groups (broad SMARTS) is 1. The zero-order chi connectivity index (χ0) is 13.5. The van der Waals surface area contributed by atoms with E-state index in [1.165, 1.54) is 0 Å². The largest absolute Gasteiger partial charge is 0.544 e. The summed E-state index contributed by atoms with van der Waals surface area (Å²) in [5, 5.41) is 20.7. The highest BCUT2D eigenvalue weighted by atomic mass is 16.4. The van der Waals surface area contributed by atoms with Gasteiger partial charge in [-0.1, -0.05) is 12.2 Å². The van der Waals surface area contributed by atoms with Gasteiger partial charge in [0.25, 0.3) is 0 Å².